The van der Waals surface area contributed by atoms with Crippen LogP contribution in [0.1, 0.15) is 11.5 Å². The fraction of sp³-hybridized carbons (Fsp3) is 0.286. The largest absolute Gasteiger partial charge is 0.507 e. The predicted octanol–water partition coefficient (Wildman–Crippen LogP) is 0.708. The number of hydrogen-bond acceptors (Lipinski definition) is 9. The van der Waals surface area contributed by atoms with E-state index in [0.717, 1.165) is 0 Å². The molecule has 0 saturated carbocycles. The molecule has 12 nitrogen and oxygen atoms in total. The number of piperazine rings is 1. The maximum absolute atomic E-state index is 13.3. The van der Waals surface area contributed by atoms with E-state index in [1.165, 1.54) is 27.0 Å². The number of phenols is 1. The number of nitrogens with one attached hydrogen (secondary N) is 1. The molecule has 5 rings (SSSR count). The van der Waals surface area contributed by atoms with Gasteiger partial charge in [-0.05, 0) is 38.1 Å². The number of aromatic nitrogens is 6. The number of anilines is 1. The molecule has 3 aromatic heterocycles. The van der Waals surface area contributed by atoms with Crippen molar-refractivity contribution in [2.24, 2.45) is 0 Å². The molecule has 0 radical (unpaired) electrons. The molecule has 0 unspecified atom stereocenters. The van der Waals surface area contributed by atoms with Gasteiger partial charge in [0.1, 0.15) is 11.6 Å². The first-order valence-corrected chi connectivity index (χ1v) is 12.0. The molecule has 1 saturated heterocycles. The Labute approximate surface area is 194 Å². The molecule has 2 N–H and O–H groups in total. The van der Waals surface area contributed by atoms with Crippen LogP contribution >= 0.6 is 0 Å². The summed E-state index contributed by atoms with van der Waals surface area (Å²) in [5, 5.41) is 14.8. The molecule has 4 aromatic rings. The molecule has 0 bridgehead atoms. The molecule has 0 aliphatic carbocycles. The first kappa shape index (κ1) is 22.0. The Morgan fingerprint density at radius 3 is 2.47 bits per heavy atom. The highest BCUT2D eigenvalue weighted by molar-refractivity contribution is 7.89. The van der Waals surface area contributed by atoms with E-state index in [4.69, 9.17) is 0 Å². The summed E-state index contributed by atoms with van der Waals surface area (Å²) < 4.78 is 29.5. The standard InChI is InChI=1S/C21H22N8O4S/c1-13-18-20(31)25-19(26-29(18)14(2)24-13)16-12-15(4-5-17(16)30)34(32,33)28-10-8-27(9-11-28)21-22-6-3-7-23-21/h3-7,12,30H,8-11H2,1-2H3,(H,25,26,31). The number of aromatic hydroxyl groups is 1. The van der Waals surface area contributed by atoms with Crippen LogP contribution in [-0.4, -0.2) is 73.6 Å². The highest BCUT2D eigenvalue weighted by atomic mass is 32.2. The normalized spacial score (nSPS) is 15.2. The molecule has 176 valence electrons. The summed E-state index contributed by atoms with van der Waals surface area (Å²) in [5.74, 6) is 0.894. The summed E-state index contributed by atoms with van der Waals surface area (Å²) in [6, 6.07) is 5.67. The van der Waals surface area contributed by atoms with Gasteiger partial charge in [0.25, 0.3) is 5.56 Å². The quantitative estimate of drug-likeness (QED) is 0.429. The first-order valence-electron chi connectivity index (χ1n) is 10.6. The molecule has 34 heavy (non-hydrogen) atoms. The maximum atomic E-state index is 13.3. The van der Waals surface area contributed by atoms with Gasteiger partial charge in [-0.1, -0.05) is 0 Å². The minimum absolute atomic E-state index is 0.00834. The van der Waals surface area contributed by atoms with Crippen molar-refractivity contribution >= 4 is 21.5 Å². The van der Waals surface area contributed by atoms with Gasteiger partial charge < -0.3 is 15.0 Å². The third kappa shape index (κ3) is 3.68. The SMILES string of the molecule is Cc1nc(C)n2nc(-c3cc(S(=O)(=O)N4CCN(c5ncccn5)CC4)ccc3O)[nH]c(=O)c12. The Morgan fingerprint density at radius 1 is 1.06 bits per heavy atom. The number of H-pyrrole nitrogens is 1. The summed E-state index contributed by atoms with van der Waals surface area (Å²) in [7, 11) is -3.86. The van der Waals surface area contributed by atoms with Gasteiger partial charge in [0.15, 0.2) is 11.3 Å². The molecule has 4 heterocycles. The van der Waals surface area contributed by atoms with Crippen molar-refractivity contribution < 1.29 is 13.5 Å². The Kier molecular flexibility index (Phi) is 5.29. The van der Waals surface area contributed by atoms with E-state index in [9.17, 15) is 18.3 Å². The zero-order valence-corrected chi connectivity index (χ0v) is 19.3. The number of benzene rings is 1. The van der Waals surface area contributed by atoms with Crippen LogP contribution in [-0.2, 0) is 10.0 Å². The summed E-state index contributed by atoms with van der Waals surface area (Å²) in [6.07, 6.45) is 3.29. The Morgan fingerprint density at radius 2 is 1.76 bits per heavy atom. The first-order chi connectivity index (χ1) is 16.3. The van der Waals surface area contributed by atoms with Gasteiger partial charge >= 0.3 is 0 Å². The lowest BCUT2D eigenvalue weighted by molar-refractivity contribution is 0.382. The minimum atomic E-state index is -3.86. The zero-order chi connectivity index (χ0) is 24.0. The summed E-state index contributed by atoms with van der Waals surface area (Å²) in [4.78, 5) is 29.8. The van der Waals surface area contributed by atoms with Gasteiger partial charge in [-0.15, -0.1) is 5.10 Å². The average Bonchev–Trinajstić information content (AvgIpc) is 3.13. The number of rotatable bonds is 4. The van der Waals surface area contributed by atoms with Crippen LogP contribution in [0.5, 0.6) is 5.75 Å². The second-order valence-corrected chi connectivity index (χ2v) is 9.86. The van der Waals surface area contributed by atoms with Crippen LogP contribution in [0.25, 0.3) is 16.9 Å². The number of nitrogens with zero attached hydrogens (tertiary/aromatic N) is 7. The molecule has 1 fully saturated rings. The van der Waals surface area contributed by atoms with Crippen molar-refractivity contribution in [2.45, 2.75) is 18.7 Å². The van der Waals surface area contributed by atoms with E-state index in [1.54, 1.807) is 32.3 Å². The van der Waals surface area contributed by atoms with E-state index in [1.807, 2.05) is 4.90 Å². The number of aryl methyl sites for hydroxylation is 2. The lowest BCUT2D eigenvalue weighted by atomic mass is 10.2. The minimum Gasteiger partial charge on any atom is -0.507 e. The van der Waals surface area contributed by atoms with Crippen LogP contribution in [0, 0.1) is 13.8 Å². The van der Waals surface area contributed by atoms with Crippen molar-refractivity contribution in [2.75, 3.05) is 31.1 Å². The third-order valence-corrected chi connectivity index (χ3v) is 7.67. The lowest BCUT2D eigenvalue weighted by Gasteiger charge is -2.33. The molecule has 1 aliphatic rings. The van der Waals surface area contributed by atoms with Gasteiger partial charge in [-0.2, -0.15) is 4.31 Å². The fourth-order valence-corrected chi connectivity index (χ4v) is 5.50. The fourth-order valence-electron chi connectivity index (χ4n) is 4.05. The van der Waals surface area contributed by atoms with Crippen molar-refractivity contribution in [3.63, 3.8) is 0 Å². The number of sulfonamides is 1. The van der Waals surface area contributed by atoms with E-state index in [2.05, 4.69) is 25.0 Å². The Bertz CT molecular complexity index is 1540. The van der Waals surface area contributed by atoms with Gasteiger partial charge in [0.2, 0.25) is 16.0 Å². The number of phenolic OH excluding ortho intramolecular Hbond substituents is 1. The number of fused-ring (bicyclic) bond motifs is 1. The van der Waals surface area contributed by atoms with Crippen LogP contribution in [0.15, 0.2) is 46.3 Å². The Balaban J connectivity index is 1.46. The average molecular weight is 483 g/mol. The molecule has 1 aliphatic heterocycles. The van der Waals surface area contributed by atoms with E-state index >= 15 is 0 Å². The lowest BCUT2D eigenvalue weighted by Crippen LogP contribution is -2.49. The monoisotopic (exact) mass is 482 g/mol. The smallest absolute Gasteiger partial charge is 0.277 e. The topological polar surface area (TPSA) is 150 Å². The van der Waals surface area contributed by atoms with Gasteiger partial charge in [0.05, 0.1) is 16.2 Å². The van der Waals surface area contributed by atoms with Crippen LogP contribution in [0.2, 0.25) is 0 Å². The maximum Gasteiger partial charge on any atom is 0.277 e. The van der Waals surface area contributed by atoms with E-state index in [-0.39, 0.29) is 35.1 Å². The van der Waals surface area contributed by atoms with Crippen molar-refractivity contribution in [1.29, 1.82) is 0 Å². The molecular weight excluding hydrogens is 460 g/mol. The van der Waals surface area contributed by atoms with Crippen LogP contribution in [0.3, 0.4) is 0 Å². The van der Waals surface area contributed by atoms with Crippen LogP contribution < -0.4 is 10.5 Å². The van der Waals surface area contributed by atoms with Crippen molar-refractivity contribution in [1.82, 2.24) is 33.9 Å². The number of hydrogen-bond donors (Lipinski definition) is 2. The molecule has 0 amide bonds. The van der Waals surface area contributed by atoms with Crippen molar-refractivity contribution in [3.05, 3.63) is 58.5 Å². The van der Waals surface area contributed by atoms with E-state index < -0.39 is 15.6 Å². The molecule has 0 atom stereocenters. The molecular formula is C21H22N8O4S. The second-order valence-electron chi connectivity index (χ2n) is 7.93. The highest BCUT2D eigenvalue weighted by Gasteiger charge is 2.30. The van der Waals surface area contributed by atoms with Crippen molar-refractivity contribution in [3.8, 4) is 17.1 Å². The molecule has 0 spiro atoms. The highest BCUT2D eigenvalue weighted by Crippen LogP contribution is 2.30. The zero-order valence-electron chi connectivity index (χ0n) is 18.5. The Hall–Kier alpha value is -3.84. The summed E-state index contributed by atoms with van der Waals surface area (Å²) in [5.41, 5.74) is 0.486. The summed E-state index contributed by atoms with van der Waals surface area (Å²) >= 11 is 0. The number of imidazole rings is 1. The van der Waals surface area contributed by atoms with Gasteiger partial charge in [-0.3, -0.25) is 4.79 Å². The van der Waals surface area contributed by atoms with Gasteiger partial charge in [0, 0.05) is 38.6 Å². The van der Waals surface area contributed by atoms with Crippen LogP contribution in [0.4, 0.5) is 5.95 Å². The number of aromatic amines is 1. The summed E-state index contributed by atoms with van der Waals surface area (Å²) in [6.45, 7) is 4.80. The third-order valence-electron chi connectivity index (χ3n) is 5.77. The predicted molar refractivity (Wildman–Crippen MR) is 123 cm³/mol. The molecule has 1 aromatic carbocycles. The molecule has 13 heteroatoms. The van der Waals surface area contributed by atoms with Gasteiger partial charge in [-0.25, -0.2) is 27.9 Å². The second kappa shape index (κ2) is 8.18. The van der Waals surface area contributed by atoms with E-state index in [0.29, 0.717) is 36.1 Å².